The van der Waals surface area contributed by atoms with Crippen molar-refractivity contribution in [2.24, 2.45) is 4.99 Å². The highest BCUT2D eigenvalue weighted by Gasteiger charge is 2.30. The van der Waals surface area contributed by atoms with Gasteiger partial charge in [-0.25, -0.2) is 8.78 Å². The summed E-state index contributed by atoms with van der Waals surface area (Å²) in [5, 5.41) is 3.34. The lowest BCUT2D eigenvalue weighted by atomic mass is 10.2. The van der Waals surface area contributed by atoms with Crippen molar-refractivity contribution in [2.75, 3.05) is 52.9 Å². The molecule has 1 amide bonds. The van der Waals surface area contributed by atoms with Gasteiger partial charge in [-0.2, -0.15) is 0 Å². The second-order valence-electron chi connectivity index (χ2n) is 7.98. The number of nitrogens with one attached hydrogen (secondary N) is 1. The third kappa shape index (κ3) is 7.43. The molecule has 1 unspecified atom stereocenters. The second-order valence-corrected chi connectivity index (χ2v) is 7.98. The Balaban J connectivity index is 0.00000363. The van der Waals surface area contributed by atoms with Crippen LogP contribution in [0.1, 0.15) is 25.3 Å². The van der Waals surface area contributed by atoms with Crippen molar-refractivity contribution in [3.8, 4) is 5.75 Å². The van der Waals surface area contributed by atoms with Crippen LogP contribution in [-0.4, -0.2) is 92.0 Å². The van der Waals surface area contributed by atoms with E-state index in [1.54, 1.807) is 25.2 Å². The topological polar surface area (TPSA) is 60.4 Å². The standard InChI is InChI=1S/C22H33F2N5O2.HI/c1-17(21(30)28-8-3-4-9-28)27-10-12-29(13-11-27)22(25-2)26-15-18-6-5-7-19(14-18)31-16-20(23)24;/h5-7,14,17,20H,3-4,8-13,15-16H2,1-2H3,(H,25,26);1H. The van der Waals surface area contributed by atoms with Crippen LogP contribution >= 0.6 is 24.0 Å². The van der Waals surface area contributed by atoms with Gasteiger partial charge < -0.3 is 19.9 Å². The molecule has 2 fully saturated rings. The zero-order chi connectivity index (χ0) is 22.2. The lowest BCUT2D eigenvalue weighted by molar-refractivity contribution is -0.135. The predicted molar refractivity (Wildman–Crippen MR) is 132 cm³/mol. The van der Waals surface area contributed by atoms with Gasteiger partial charge in [-0.1, -0.05) is 12.1 Å². The Morgan fingerprint density at radius 3 is 2.44 bits per heavy atom. The van der Waals surface area contributed by atoms with Crippen LogP contribution in [0.25, 0.3) is 0 Å². The van der Waals surface area contributed by atoms with Crippen molar-refractivity contribution in [2.45, 2.75) is 38.8 Å². The lowest BCUT2D eigenvalue weighted by Crippen LogP contribution is -2.57. The maximum Gasteiger partial charge on any atom is 0.272 e. The molecular formula is C22H34F2IN5O2. The quantitative estimate of drug-likeness (QED) is 0.313. The Morgan fingerprint density at radius 1 is 1.12 bits per heavy atom. The number of aliphatic imine (C=N–C) groups is 1. The van der Waals surface area contributed by atoms with Gasteiger partial charge in [-0.05, 0) is 37.5 Å². The predicted octanol–water partition coefficient (Wildman–Crippen LogP) is 2.65. The first-order valence-corrected chi connectivity index (χ1v) is 11.0. The molecule has 0 aliphatic carbocycles. The molecule has 0 saturated carbocycles. The summed E-state index contributed by atoms with van der Waals surface area (Å²) in [5.41, 5.74) is 0.927. The molecule has 0 aromatic heterocycles. The molecule has 180 valence electrons. The molecule has 1 atom stereocenters. The largest absolute Gasteiger partial charge is 0.488 e. The Bertz CT molecular complexity index is 754. The number of alkyl halides is 2. The zero-order valence-electron chi connectivity index (χ0n) is 18.8. The number of piperazine rings is 1. The highest BCUT2D eigenvalue weighted by atomic mass is 127. The Labute approximate surface area is 206 Å². The summed E-state index contributed by atoms with van der Waals surface area (Å²) in [6, 6.07) is 7.04. The Morgan fingerprint density at radius 2 is 1.81 bits per heavy atom. The summed E-state index contributed by atoms with van der Waals surface area (Å²) in [6.45, 7) is 6.86. The minimum absolute atomic E-state index is 0. The normalized spacial score (nSPS) is 18.5. The molecule has 2 aliphatic heterocycles. The number of halogens is 3. The molecule has 7 nitrogen and oxygen atoms in total. The smallest absolute Gasteiger partial charge is 0.272 e. The van der Waals surface area contributed by atoms with Crippen molar-refractivity contribution >= 4 is 35.8 Å². The Hall–Kier alpha value is -1.69. The van der Waals surface area contributed by atoms with Crippen LogP contribution in [0.5, 0.6) is 5.75 Å². The monoisotopic (exact) mass is 565 g/mol. The fraction of sp³-hybridized carbons (Fsp3) is 0.636. The van der Waals surface area contributed by atoms with Gasteiger partial charge in [-0.3, -0.25) is 14.7 Å². The highest BCUT2D eigenvalue weighted by molar-refractivity contribution is 14.0. The summed E-state index contributed by atoms with van der Waals surface area (Å²) in [4.78, 5) is 23.5. The van der Waals surface area contributed by atoms with Gasteiger partial charge in [0.1, 0.15) is 12.4 Å². The number of amides is 1. The van der Waals surface area contributed by atoms with Gasteiger partial charge in [-0.15, -0.1) is 24.0 Å². The molecule has 2 saturated heterocycles. The van der Waals surface area contributed by atoms with E-state index in [1.807, 2.05) is 17.9 Å². The van der Waals surface area contributed by atoms with E-state index in [4.69, 9.17) is 4.74 Å². The van der Waals surface area contributed by atoms with Gasteiger partial charge in [0.15, 0.2) is 5.96 Å². The van der Waals surface area contributed by atoms with Crippen molar-refractivity contribution < 1.29 is 18.3 Å². The lowest BCUT2D eigenvalue weighted by Gasteiger charge is -2.39. The van der Waals surface area contributed by atoms with E-state index < -0.39 is 13.0 Å². The molecule has 1 N–H and O–H groups in total. The van der Waals surface area contributed by atoms with Crippen LogP contribution in [0.2, 0.25) is 0 Å². The molecule has 2 aliphatic rings. The first kappa shape index (κ1) is 26.6. The van der Waals surface area contributed by atoms with Gasteiger partial charge in [0.2, 0.25) is 5.91 Å². The van der Waals surface area contributed by atoms with Gasteiger partial charge >= 0.3 is 0 Å². The number of likely N-dealkylation sites (tertiary alicyclic amines) is 1. The summed E-state index contributed by atoms with van der Waals surface area (Å²) in [5.74, 6) is 1.46. The first-order valence-electron chi connectivity index (χ1n) is 11.0. The molecule has 0 radical (unpaired) electrons. The summed E-state index contributed by atoms with van der Waals surface area (Å²) >= 11 is 0. The number of rotatable bonds is 7. The third-order valence-corrected chi connectivity index (χ3v) is 5.87. The molecule has 0 bridgehead atoms. The summed E-state index contributed by atoms with van der Waals surface area (Å²) in [6.07, 6.45) is -0.280. The molecule has 2 heterocycles. The molecule has 1 aromatic carbocycles. The van der Waals surface area contributed by atoms with Gasteiger partial charge in [0, 0.05) is 52.9 Å². The van der Waals surface area contributed by atoms with Gasteiger partial charge in [0.25, 0.3) is 6.43 Å². The van der Waals surface area contributed by atoms with Crippen LogP contribution in [-0.2, 0) is 11.3 Å². The van der Waals surface area contributed by atoms with Crippen LogP contribution < -0.4 is 10.1 Å². The third-order valence-electron chi connectivity index (χ3n) is 5.87. The SMILES string of the molecule is CN=C(NCc1cccc(OCC(F)F)c1)N1CCN(C(C)C(=O)N2CCCC2)CC1.I. The Kier molecular flexibility index (Phi) is 10.9. The fourth-order valence-corrected chi connectivity index (χ4v) is 4.10. The van der Waals surface area contributed by atoms with E-state index in [0.29, 0.717) is 12.3 Å². The van der Waals surface area contributed by atoms with Crippen molar-refractivity contribution in [1.29, 1.82) is 0 Å². The highest BCUT2D eigenvalue weighted by Crippen LogP contribution is 2.16. The molecular weight excluding hydrogens is 531 g/mol. The van der Waals surface area contributed by atoms with Crippen LogP contribution in [0.4, 0.5) is 8.78 Å². The number of benzene rings is 1. The number of hydrogen-bond donors (Lipinski definition) is 1. The number of guanidine groups is 1. The number of hydrogen-bond acceptors (Lipinski definition) is 4. The maximum atomic E-state index is 12.7. The minimum atomic E-state index is -2.49. The number of carbonyl (C=O) groups is 1. The summed E-state index contributed by atoms with van der Waals surface area (Å²) < 4.78 is 29.8. The van der Waals surface area contributed by atoms with E-state index in [0.717, 1.165) is 63.6 Å². The van der Waals surface area contributed by atoms with E-state index >= 15 is 0 Å². The minimum Gasteiger partial charge on any atom is -0.488 e. The zero-order valence-corrected chi connectivity index (χ0v) is 21.1. The van der Waals surface area contributed by atoms with E-state index in [9.17, 15) is 13.6 Å². The molecule has 3 rings (SSSR count). The van der Waals surface area contributed by atoms with E-state index in [-0.39, 0.29) is 35.9 Å². The maximum absolute atomic E-state index is 12.7. The van der Waals surface area contributed by atoms with Crippen molar-refractivity contribution in [1.82, 2.24) is 20.0 Å². The molecule has 0 spiro atoms. The fourth-order valence-electron chi connectivity index (χ4n) is 4.10. The van der Waals surface area contributed by atoms with Crippen molar-refractivity contribution in [3.63, 3.8) is 0 Å². The number of nitrogens with zero attached hydrogens (tertiary/aromatic N) is 4. The van der Waals surface area contributed by atoms with Crippen LogP contribution in [0.3, 0.4) is 0 Å². The average molecular weight is 565 g/mol. The second kappa shape index (κ2) is 13.1. The molecule has 32 heavy (non-hydrogen) atoms. The van der Waals surface area contributed by atoms with Gasteiger partial charge in [0.05, 0.1) is 6.04 Å². The first-order chi connectivity index (χ1) is 15.0. The number of carbonyl (C=O) groups excluding carboxylic acids is 1. The average Bonchev–Trinajstić information content (AvgIpc) is 3.33. The number of ether oxygens (including phenoxy) is 1. The van der Waals surface area contributed by atoms with E-state index in [2.05, 4.69) is 20.1 Å². The van der Waals surface area contributed by atoms with Crippen molar-refractivity contribution in [3.05, 3.63) is 29.8 Å². The summed E-state index contributed by atoms with van der Waals surface area (Å²) in [7, 11) is 1.75. The van der Waals surface area contributed by atoms with E-state index in [1.165, 1.54) is 0 Å². The van der Waals surface area contributed by atoms with Crippen LogP contribution in [0, 0.1) is 0 Å². The molecule has 10 heteroatoms. The molecule has 1 aromatic rings. The van der Waals surface area contributed by atoms with Crippen LogP contribution in [0.15, 0.2) is 29.3 Å².